The summed E-state index contributed by atoms with van der Waals surface area (Å²) in [6.07, 6.45) is 1.66. The highest BCUT2D eigenvalue weighted by molar-refractivity contribution is 5.98. The molecule has 0 bridgehead atoms. The van der Waals surface area contributed by atoms with Crippen molar-refractivity contribution in [3.8, 4) is 0 Å². The van der Waals surface area contributed by atoms with Crippen LogP contribution in [-0.2, 0) is 16.1 Å². The van der Waals surface area contributed by atoms with Crippen LogP contribution < -0.4 is 5.73 Å². The molecule has 2 fully saturated rings. The number of likely N-dealkylation sites (tertiary alicyclic amines) is 2. The van der Waals surface area contributed by atoms with Crippen molar-refractivity contribution >= 4 is 11.8 Å². The fraction of sp³-hybridized carbons (Fsp3) is 0.750. The van der Waals surface area contributed by atoms with Gasteiger partial charge in [0, 0.05) is 6.04 Å². The normalized spacial score (nSPS) is 27.6. The number of β-lactam (4-membered cyclic amide) rings is 1. The van der Waals surface area contributed by atoms with E-state index in [1.807, 2.05) is 20.8 Å². The second-order valence-electron chi connectivity index (χ2n) is 6.39. The Labute approximate surface area is 147 Å². The van der Waals surface area contributed by atoms with Crippen LogP contribution in [0.3, 0.4) is 0 Å². The maximum atomic E-state index is 12.7. The fourth-order valence-corrected chi connectivity index (χ4v) is 3.49. The van der Waals surface area contributed by atoms with Gasteiger partial charge in [0.2, 0.25) is 11.8 Å². The molecule has 2 saturated heterocycles. The number of aromatic nitrogens is 2. The zero-order valence-corrected chi connectivity index (χ0v) is 15.2. The van der Waals surface area contributed by atoms with E-state index in [0.717, 1.165) is 6.42 Å². The zero-order chi connectivity index (χ0) is 18.8. The summed E-state index contributed by atoms with van der Waals surface area (Å²) in [5.41, 5.74) is 4.95. The van der Waals surface area contributed by atoms with Gasteiger partial charge in [-0.3, -0.25) is 9.59 Å². The quantitative estimate of drug-likeness (QED) is 0.724. The van der Waals surface area contributed by atoms with Crippen LogP contribution in [-0.4, -0.2) is 67.1 Å². The third kappa shape index (κ3) is 3.25. The number of nitrogens with two attached hydrogens (primary N) is 1. The van der Waals surface area contributed by atoms with E-state index >= 15 is 0 Å². The van der Waals surface area contributed by atoms with Crippen LogP contribution in [0.25, 0.3) is 0 Å². The SMILES string of the molecule is CC.CC(O)C(N)C(=O)N1C(C)CCC12CN(Cc1ncno1)C2=O. The first kappa shape index (κ1) is 19.3. The van der Waals surface area contributed by atoms with Gasteiger partial charge in [-0.05, 0) is 26.7 Å². The number of rotatable bonds is 4. The van der Waals surface area contributed by atoms with Gasteiger partial charge < -0.3 is 25.2 Å². The van der Waals surface area contributed by atoms with E-state index in [4.69, 9.17) is 10.3 Å². The molecular formula is C16H27N5O4. The van der Waals surface area contributed by atoms with Crippen molar-refractivity contribution in [1.29, 1.82) is 0 Å². The minimum Gasteiger partial charge on any atom is -0.391 e. The summed E-state index contributed by atoms with van der Waals surface area (Å²) in [4.78, 5) is 32.4. The second kappa shape index (κ2) is 7.49. The van der Waals surface area contributed by atoms with E-state index in [2.05, 4.69) is 10.1 Å². The predicted octanol–water partition coefficient (Wildman–Crippen LogP) is -0.104. The van der Waals surface area contributed by atoms with Crippen molar-refractivity contribution < 1.29 is 19.2 Å². The van der Waals surface area contributed by atoms with Gasteiger partial charge in [0.05, 0.1) is 12.6 Å². The molecule has 0 radical (unpaired) electrons. The highest BCUT2D eigenvalue weighted by Gasteiger charge is 2.62. The number of aliphatic hydroxyl groups is 1. The summed E-state index contributed by atoms with van der Waals surface area (Å²) in [7, 11) is 0. The Morgan fingerprint density at radius 2 is 2.24 bits per heavy atom. The van der Waals surface area contributed by atoms with Crippen LogP contribution in [0.2, 0.25) is 0 Å². The largest absolute Gasteiger partial charge is 0.391 e. The lowest BCUT2D eigenvalue weighted by Gasteiger charge is -2.52. The molecule has 0 saturated carbocycles. The molecule has 1 aromatic heterocycles. The fourth-order valence-electron chi connectivity index (χ4n) is 3.49. The first-order valence-electron chi connectivity index (χ1n) is 8.68. The number of nitrogens with zero attached hydrogens (tertiary/aromatic N) is 4. The summed E-state index contributed by atoms with van der Waals surface area (Å²) in [6, 6.07) is -1.10. The topological polar surface area (TPSA) is 126 Å². The molecular weight excluding hydrogens is 326 g/mol. The van der Waals surface area contributed by atoms with Crippen molar-refractivity contribution in [2.24, 2.45) is 5.73 Å². The minimum atomic E-state index is -1.02. The molecule has 1 aromatic rings. The first-order valence-corrected chi connectivity index (χ1v) is 8.68. The van der Waals surface area contributed by atoms with Crippen molar-refractivity contribution in [2.75, 3.05) is 6.54 Å². The summed E-state index contributed by atoms with van der Waals surface area (Å²) in [5.74, 6) is -0.153. The Hall–Kier alpha value is -2.00. The Bertz CT molecular complexity index is 606. The molecule has 4 unspecified atom stereocenters. The zero-order valence-electron chi connectivity index (χ0n) is 15.2. The van der Waals surface area contributed by atoms with E-state index in [0.29, 0.717) is 18.9 Å². The molecule has 3 N–H and O–H groups in total. The maximum absolute atomic E-state index is 12.7. The van der Waals surface area contributed by atoms with E-state index in [1.165, 1.54) is 13.3 Å². The summed E-state index contributed by atoms with van der Waals surface area (Å²) >= 11 is 0. The lowest BCUT2D eigenvalue weighted by atomic mass is 9.85. The van der Waals surface area contributed by atoms with Gasteiger partial charge in [0.25, 0.3) is 5.91 Å². The molecule has 3 heterocycles. The number of carbonyl (C=O) groups excluding carboxylic acids is 2. The smallest absolute Gasteiger partial charge is 0.250 e. The van der Waals surface area contributed by atoms with Gasteiger partial charge >= 0.3 is 0 Å². The van der Waals surface area contributed by atoms with E-state index < -0.39 is 17.7 Å². The lowest BCUT2D eigenvalue weighted by molar-refractivity contribution is -0.172. The van der Waals surface area contributed by atoms with Crippen LogP contribution in [0.4, 0.5) is 0 Å². The van der Waals surface area contributed by atoms with Crippen molar-refractivity contribution in [2.45, 2.75) is 70.8 Å². The molecule has 2 aliphatic rings. The van der Waals surface area contributed by atoms with Gasteiger partial charge in [0.15, 0.2) is 6.33 Å². The van der Waals surface area contributed by atoms with Crippen LogP contribution in [0, 0.1) is 0 Å². The molecule has 140 valence electrons. The van der Waals surface area contributed by atoms with Gasteiger partial charge in [-0.2, -0.15) is 4.98 Å². The Morgan fingerprint density at radius 3 is 2.76 bits per heavy atom. The van der Waals surface area contributed by atoms with E-state index in [9.17, 15) is 14.7 Å². The molecule has 9 heteroatoms. The van der Waals surface area contributed by atoms with Crippen molar-refractivity contribution in [3.63, 3.8) is 0 Å². The number of hydrogen-bond acceptors (Lipinski definition) is 7. The van der Waals surface area contributed by atoms with E-state index in [1.54, 1.807) is 9.80 Å². The summed E-state index contributed by atoms with van der Waals surface area (Å²) < 4.78 is 4.92. The molecule has 2 aliphatic heterocycles. The lowest BCUT2D eigenvalue weighted by Crippen LogP contribution is -2.74. The first-order chi connectivity index (χ1) is 11.9. The number of amides is 2. The van der Waals surface area contributed by atoms with Gasteiger partial charge in [-0.25, -0.2) is 0 Å². The van der Waals surface area contributed by atoms with Gasteiger partial charge in [-0.15, -0.1) is 0 Å². The Morgan fingerprint density at radius 1 is 1.56 bits per heavy atom. The monoisotopic (exact) mass is 353 g/mol. The number of hydrogen-bond donors (Lipinski definition) is 2. The Balaban J connectivity index is 0.00000109. The Kier molecular flexibility index (Phi) is 5.79. The molecule has 4 atom stereocenters. The predicted molar refractivity (Wildman–Crippen MR) is 89.0 cm³/mol. The molecule has 1 spiro atoms. The van der Waals surface area contributed by atoms with Crippen LogP contribution in [0.5, 0.6) is 0 Å². The number of carbonyl (C=O) groups is 2. The molecule has 9 nitrogen and oxygen atoms in total. The summed E-state index contributed by atoms with van der Waals surface area (Å²) in [6.45, 7) is 8.02. The standard InChI is InChI=1S/C14H21N5O4.C2H6/c1-8-3-4-14(19(8)12(21)11(15)9(2)20)6-18(13(14)22)5-10-16-7-17-23-10;1-2/h7-9,11,20H,3-6,15H2,1-2H3;1-2H3. The van der Waals surface area contributed by atoms with Gasteiger partial charge in [-0.1, -0.05) is 19.0 Å². The molecule has 25 heavy (non-hydrogen) atoms. The molecule has 2 amide bonds. The molecule has 3 rings (SSSR count). The highest BCUT2D eigenvalue weighted by atomic mass is 16.5. The summed E-state index contributed by atoms with van der Waals surface area (Å²) in [5, 5.41) is 13.1. The maximum Gasteiger partial charge on any atom is 0.250 e. The third-order valence-corrected chi connectivity index (χ3v) is 4.79. The van der Waals surface area contributed by atoms with Crippen LogP contribution in [0.15, 0.2) is 10.9 Å². The average Bonchev–Trinajstić information content (AvgIpc) is 3.24. The van der Waals surface area contributed by atoms with E-state index in [-0.39, 0.29) is 24.4 Å². The second-order valence-corrected chi connectivity index (χ2v) is 6.39. The minimum absolute atomic E-state index is 0.0817. The van der Waals surface area contributed by atoms with Crippen molar-refractivity contribution in [1.82, 2.24) is 19.9 Å². The molecule has 0 aliphatic carbocycles. The average molecular weight is 353 g/mol. The third-order valence-electron chi connectivity index (χ3n) is 4.79. The molecule has 0 aromatic carbocycles. The highest BCUT2D eigenvalue weighted by Crippen LogP contribution is 2.42. The van der Waals surface area contributed by atoms with Crippen molar-refractivity contribution in [3.05, 3.63) is 12.2 Å². The van der Waals surface area contributed by atoms with Crippen LogP contribution >= 0.6 is 0 Å². The van der Waals surface area contributed by atoms with Gasteiger partial charge in [0.1, 0.15) is 18.1 Å². The van der Waals surface area contributed by atoms with Crippen LogP contribution in [0.1, 0.15) is 46.4 Å². The number of aliphatic hydroxyl groups excluding tert-OH is 1.